The van der Waals surface area contributed by atoms with E-state index in [1.165, 1.54) is 6.42 Å². The number of nitrogens with zero attached hydrogens (tertiary/aromatic N) is 6. The van der Waals surface area contributed by atoms with Crippen molar-refractivity contribution in [1.29, 1.82) is 0 Å². The first-order valence-corrected chi connectivity index (χ1v) is 8.83. The highest BCUT2D eigenvalue weighted by molar-refractivity contribution is 5.80. The zero-order valence-electron chi connectivity index (χ0n) is 15.5. The van der Waals surface area contributed by atoms with E-state index in [0.29, 0.717) is 19.1 Å². The number of likely N-dealkylation sites (N-methyl/N-ethyl adjacent to an activating group) is 1. The van der Waals surface area contributed by atoms with E-state index >= 15 is 0 Å². The number of nitrogens with one attached hydrogen (secondary N) is 1. The van der Waals surface area contributed by atoms with Gasteiger partial charge in [0.05, 0.1) is 0 Å². The van der Waals surface area contributed by atoms with Gasteiger partial charge in [-0.25, -0.2) is 4.99 Å². The lowest BCUT2D eigenvalue weighted by Gasteiger charge is -2.27. The summed E-state index contributed by atoms with van der Waals surface area (Å²) in [5.74, 6) is 2.72. The standard InChI is InChI=1S/C17H31N7/c1-6-10-18-17(19-12-16-21-20-14(4)22(16)5)24-11-9-15(13-24)23(7-2)8-3/h6,15H,1,7-13H2,2-5H3,(H,18,19). The first kappa shape index (κ1) is 18.4. The molecule has 1 fully saturated rings. The fraction of sp³-hybridized carbons (Fsp3) is 0.706. The van der Waals surface area contributed by atoms with E-state index in [1.54, 1.807) is 0 Å². The molecule has 0 aromatic carbocycles. The normalized spacial score (nSPS) is 18.5. The third-order valence-corrected chi connectivity index (χ3v) is 4.75. The van der Waals surface area contributed by atoms with E-state index < -0.39 is 0 Å². The van der Waals surface area contributed by atoms with E-state index in [2.05, 4.69) is 45.7 Å². The van der Waals surface area contributed by atoms with Gasteiger partial charge in [-0.3, -0.25) is 4.90 Å². The molecule has 1 aliphatic heterocycles. The summed E-state index contributed by atoms with van der Waals surface area (Å²) in [6, 6.07) is 0.604. The number of aromatic nitrogens is 3. The Morgan fingerprint density at radius 1 is 1.42 bits per heavy atom. The average Bonchev–Trinajstić information content (AvgIpc) is 3.18. The van der Waals surface area contributed by atoms with Crippen LogP contribution in [0.1, 0.15) is 31.9 Å². The molecule has 2 heterocycles. The Morgan fingerprint density at radius 2 is 2.17 bits per heavy atom. The van der Waals surface area contributed by atoms with Crippen LogP contribution in [0.25, 0.3) is 0 Å². The van der Waals surface area contributed by atoms with Crippen LogP contribution in [0.2, 0.25) is 0 Å². The predicted octanol–water partition coefficient (Wildman–Crippen LogP) is 1.17. The van der Waals surface area contributed by atoms with Crippen molar-refractivity contribution in [3.05, 3.63) is 24.3 Å². The minimum absolute atomic E-state index is 0.531. The van der Waals surface area contributed by atoms with E-state index in [4.69, 9.17) is 4.99 Å². The van der Waals surface area contributed by atoms with Crippen molar-refractivity contribution in [2.75, 3.05) is 32.7 Å². The smallest absolute Gasteiger partial charge is 0.194 e. The summed E-state index contributed by atoms with van der Waals surface area (Å²) in [7, 11) is 1.98. The van der Waals surface area contributed by atoms with Crippen molar-refractivity contribution in [1.82, 2.24) is 29.9 Å². The predicted molar refractivity (Wildman–Crippen MR) is 98.0 cm³/mol. The molecule has 1 N–H and O–H groups in total. The Balaban J connectivity index is 2.06. The molecule has 7 nitrogen and oxygen atoms in total. The molecule has 7 heteroatoms. The second kappa shape index (κ2) is 8.82. The average molecular weight is 333 g/mol. The lowest BCUT2D eigenvalue weighted by atomic mass is 10.2. The first-order valence-electron chi connectivity index (χ1n) is 8.83. The van der Waals surface area contributed by atoms with Gasteiger partial charge in [0.1, 0.15) is 12.4 Å². The molecule has 0 bridgehead atoms. The largest absolute Gasteiger partial charge is 0.353 e. The minimum atomic E-state index is 0.531. The molecule has 2 rings (SSSR count). The van der Waals surface area contributed by atoms with Crippen LogP contribution in [0.15, 0.2) is 17.6 Å². The molecular formula is C17H31N7. The van der Waals surface area contributed by atoms with Gasteiger partial charge in [-0.2, -0.15) is 0 Å². The van der Waals surface area contributed by atoms with E-state index in [-0.39, 0.29) is 0 Å². The number of hydrogen-bond acceptors (Lipinski definition) is 4. The van der Waals surface area contributed by atoms with Crippen molar-refractivity contribution in [2.24, 2.45) is 12.0 Å². The number of aryl methyl sites for hydroxylation is 1. The third kappa shape index (κ3) is 4.35. The molecule has 1 aromatic rings. The summed E-state index contributed by atoms with van der Waals surface area (Å²) < 4.78 is 1.98. The van der Waals surface area contributed by atoms with Crippen LogP contribution in [0.5, 0.6) is 0 Å². The molecule has 0 radical (unpaired) electrons. The van der Waals surface area contributed by atoms with Crippen molar-refractivity contribution < 1.29 is 0 Å². The molecule has 0 amide bonds. The van der Waals surface area contributed by atoms with Crippen LogP contribution in [0.3, 0.4) is 0 Å². The number of hydrogen-bond donors (Lipinski definition) is 1. The highest BCUT2D eigenvalue weighted by Gasteiger charge is 2.28. The zero-order chi connectivity index (χ0) is 17.5. The van der Waals surface area contributed by atoms with Crippen molar-refractivity contribution in [2.45, 2.75) is 39.8 Å². The van der Waals surface area contributed by atoms with Crippen LogP contribution < -0.4 is 5.32 Å². The second-order valence-corrected chi connectivity index (χ2v) is 6.14. The summed E-state index contributed by atoms with van der Waals surface area (Å²) in [6.45, 7) is 15.7. The monoisotopic (exact) mass is 333 g/mol. The molecule has 1 aliphatic rings. The first-order chi connectivity index (χ1) is 11.6. The molecule has 24 heavy (non-hydrogen) atoms. The van der Waals surface area contributed by atoms with Crippen LogP contribution in [-0.2, 0) is 13.6 Å². The number of aliphatic imine (C=N–C) groups is 1. The quantitative estimate of drug-likeness (QED) is 0.461. The van der Waals surface area contributed by atoms with Crippen LogP contribution in [0.4, 0.5) is 0 Å². The van der Waals surface area contributed by atoms with Crippen LogP contribution in [-0.4, -0.2) is 69.3 Å². The maximum atomic E-state index is 4.77. The van der Waals surface area contributed by atoms with Gasteiger partial charge < -0.3 is 14.8 Å². The summed E-state index contributed by atoms with van der Waals surface area (Å²) in [4.78, 5) is 9.64. The van der Waals surface area contributed by atoms with Gasteiger partial charge in [-0.05, 0) is 26.4 Å². The van der Waals surface area contributed by atoms with Gasteiger partial charge in [-0.1, -0.05) is 19.9 Å². The number of rotatable bonds is 7. The summed E-state index contributed by atoms with van der Waals surface area (Å²) in [5, 5.41) is 11.7. The minimum Gasteiger partial charge on any atom is -0.353 e. The fourth-order valence-electron chi connectivity index (χ4n) is 3.14. The Kier molecular flexibility index (Phi) is 6.78. The van der Waals surface area contributed by atoms with Gasteiger partial charge in [0.15, 0.2) is 11.8 Å². The molecule has 1 saturated heterocycles. The van der Waals surface area contributed by atoms with Crippen LogP contribution >= 0.6 is 0 Å². The topological polar surface area (TPSA) is 61.6 Å². The van der Waals surface area contributed by atoms with Gasteiger partial charge in [0, 0.05) is 32.7 Å². The van der Waals surface area contributed by atoms with Crippen molar-refractivity contribution >= 4 is 5.96 Å². The van der Waals surface area contributed by atoms with E-state index in [0.717, 1.165) is 43.8 Å². The van der Waals surface area contributed by atoms with Gasteiger partial charge in [0.25, 0.3) is 0 Å². The van der Waals surface area contributed by atoms with Crippen LogP contribution in [0, 0.1) is 6.92 Å². The lowest BCUT2D eigenvalue weighted by molar-refractivity contribution is 0.223. The highest BCUT2D eigenvalue weighted by atomic mass is 15.3. The number of guanidine groups is 1. The molecule has 1 aromatic heterocycles. The maximum absolute atomic E-state index is 4.77. The Labute approximate surface area is 145 Å². The zero-order valence-corrected chi connectivity index (χ0v) is 15.5. The fourth-order valence-corrected chi connectivity index (χ4v) is 3.14. The Morgan fingerprint density at radius 3 is 2.75 bits per heavy atom. The molecule has 0 spiro atoms. The molecule has 1 unspecified atom stereocenters. The van der Waals surface area contributed by atoms with Gasteiger partial charge >= 0.3 is 0 Å². The molecule has 0 saturated carbocycles. The van der Waals surface area contributed by atoms with Crippen molar-refractivity contribution in [3.63, 3.8) is 0 Å². The van der Waals surface area contributed by atoms with Crippen molar-refractivity contribution in [3.8, 4) is 0 Å². The maximum Gasteiger partial charge on any atom is 0.194 e. The third-order valence-electron chi connectivity index (χ3n) is 4.75. The Hall–Kier alpha value is -1.89. The summed E-state index contributed by atoms with van der Waals surface area (Å²) >= 11 is 0. The summed E-state index contributed by atoms with van der Waals surface area (Å²) in [6.07, 6.45) is 3.04. The SMILES string of the molecule is C=CCNC(=NCc1nnc(C)n1C)N1CCC(N(CC)CC)C1. The van der Waals surface area contributed by atoms with E-state index in [9.17, 15) is 0 Å². The Bertz CT molecular complexity index is 559. The van der Waals surface area contributed by atoms with E-state index in [1.807, 2.05) is 24.6 Å². The molecular weight excluding hydrogens is 302 g/mol. The summed E-state index contributed by atoms with van der Waals surface area (Å²) in [5.41, 5.74) is 0. The molecule has 0 aliphatic carbocycles. The molecule has 1 atom stereocenters. The second-order valence-electron chi connectivity index (χ2n) is 6.14. The van der Waals surface area contributed by atoms with Gasteiger partial charge in [0.2, 0.25) is 0 Å². The molecule has 134 valence electrons. The lowest BCUT2D eigenvalue weighted by Crippen LogP contribution is -2.43. The van der Waals surface area contributed by atoms with Gasteiger partial charge in [-0.15, -0.1) is 16.8 Å². The number of likely N-dealkylation sites (tertiary alicyclic amines) is 1. The highest BCUT2D eigenvalue weighted by Crippen LogP contribution is 2.15.